The van der Waals surface area contributed by atoms with Gasteiger partial charge in [-0.15, -0.1) is 0 Å². The second kappa shape index (κ2) is 6.10. The van der Waals surface area contributed by atoms with Gasteiger partial charge in [0.2, 0.25) is 0 Å². The molecule has 1 aliphatic heterocycles. The summed E-state index contributed by atoms with van der Waals surface area (Å²) in [6.45, 7) is 2.30. The molecule has 1 aromatic heterocycles. The molecule has 0 saturated carbocycles. The molecule has 19 heavy (non-hydrogen) atoms. The van der Waals surface area contributed by atoms with Crippen LogP contribution in [-0.2, 0) is 6.42 Å². The molecule has 1 saturated heterocycles. The molecule has 1 unspecified atom stereocenters. The van der Waals surface area contributed by atoms with Crippen LogP contribution in [0.15, 0.2) is 12.4 Å². The van der Waals surface area contributed by atoms with E-state index in [1.807, 2.05) is 6.07 Å². The van der Waals surface area contributed by atoms with Crippen LogP contribution in [-0.4, -0.2) is 59.9 Å². The molecule has 0 aliphatic carbocycles. The maximum absolute atomic E-state index is 11.9. The summed E-state index contributed by atoms with van der Waals surface area (Å²) in [7, 11) is 5.63. The highest BCUT2D eigenvalue weighted by molar-refractivity contribution is 5.91. The number of hydrogen-bond acceptors (Lipinski definition) is 4. The summed E-state index contributed by atoms with van der Waals surface area (Å²) in [5.41, 5.74) is 1.46. The number of nitrogens with zero attached hydrogens (tertiary/aromatic N) is 4. The fourth-order valence-corrected chi connectivity index (χ4v) is 2.59. The van der Waals surface area contributed by atoms with E-state index >= 15 is 0 Å². The molecule has 0 spiro atoms. The van der Waals surface area contributed by atoms with Gasteiger partial charge >= 0.3 is 0 Å². The van der Waals surface area contributed by atoms with E-state index in [2.05, 4.69) is 21.9 Å². The van der Waals surface area contributed by atoms with Crippen LogP contribution in [0.3, 0.4) is 0 Å². The zero-order valence-corrected chi connectivity index (χ0v) is 12.0. The van der Waals surface area contributed by atoms with Gasteiger partial charge in [0.25, 0.3) is 5.91 Å². The Morgan fingerprint density at radius 2 is 2.26 bits per heavy atom. The first-order valence-electron chi connectivity index (χ1n) is 6.77. The minimum atomic E-state index is -0.0654. The van der Waals surface area contributed by atoms with Crippen LogP contribution in [0.25, 0.3) is 0 Å². The van der Waals surface area contributed by atoms with Gasteiger partial charge in [0.15, 0.2) is 0 Å². The van der Waals surface area contributed by atoms with Gasteiger partial charge in [-0.3, -0.25) is 4.79 Å². The summed E-state index contributed by atoms with van der Waals surface area (Å²) in [6.07, 6.45) is 4.92. The van der Waals surface area contributed by atoms with E-state index in [1.165, 1.54) is 25.7 Å². The van der Waals surface area contributed by atoms with E-state index in [0.29, 0.717) is 11.6 Å². The number of likely N-dealkylation sites (tertiary alicyclic amines) is 1. The van der Waals surface area contributed by atoms with Crippen molar-refractivity contribution in [3.8, 4) is 0 Å². The number of carbonyl (C=O) groups is 1. The van der Waals surface area contributed by atoms with Crippen LogP contribution in [0.4, 0.5) is 0 Å². The predicted octanol–water partition coefficient (Wildman–Crippen LogP) is 1.06. The van der Waals surface area contributed by atoms with Gasteiger partial charge in [0.1, 0.15) is 12.0 Å². The maximum atomic E-state index is 11.9. The molecule has 1 amide bonds. The number of carbonyl (C=O) groups excluding carboxylic acids is 1. The van der Waals surface area contributed by atoms with Crippen molar-refractivity contribution in [3.63, 3.8) is 0 Å². The SMILES string of the molecule is CN1CCCC(Cc2cc(C(=O)N(C)C)ncn2)C1. The Bertz CT molecular complexity index is 447. The van der Waals surface area contributed by atoms with Crippen LogP contribution >= 0.6 is 0 Å². The summed E-state index contributed by atoms with van der Waals surface area (Å²) in [4.78, 5) is 24.1. The van der Waals surface area contributed by atoms with Crippen molar-refractivity contribution in [1.29, 1.82) is 0 Å². The number of piperidine rings is 1. The van der Waals surface area contributed by atoms with Gasteiger partial charge in [0.05, 0.1) is 0 Å². The fourth-order valence-electron chi connectivity index (χ4n) is 2.59. The molecule has 2 rings (SSSR count). The van der Waals surface area contributed by atoms with E-state index in [1.54, 1.807) is 19.0 Å². The molecule has 1 aliphatic rings. The van der Waals surface area contributed by atoms with Gasteiger partial charge in [-0.1, -0.05) is 0 Å². The molecule has 1 atom stereocenters. The zero-order chi connectivity index (χ0) is 13.8. The lowest BCUT2D eigenvalue weighted by Gasteiger charge is -2.29. The third-order valence-corrected chi connectivity index (χ3v) is 3.57. The molecule has 104 valence electrons. The number of aromatic nitrogens is 2. The van der Waals surface area contributed by atoms with E-state index in [9.17, 15) is 4.79 Å². The molecule has 0 radical (unpaired) electrons. The van der Waals surface area contributed by atoms with Crippen molar-refractivity contribution >= 4 is 5.91 Å². The van der Waals surface area contributed by atoms with E-state index < -0.39 is 0 Å². The van der Waals surface area contributed by atoms with Gasteiger partial charge in [0, 0.05) is 26.3 Å². The van der Waals surface area contributed by atoms with Crippen LogP contribution in [0.2, 0.25) is 0 Å². The first-order chi connectivity index (χ1) is 9.06. The minimum Gasteiger partial charge on any atom is -0.343 e. The van der Waals surface area contributed by atoms with Crippen LogP contribution in [0.1, 0.15) is 29.0 Å². The van der Waals surface area contributed by atoms with Crippen molar-refractivity contribution in [2.75, 3.05) is 34.2 Å². The summed E-state index contributed by atoms with van der Waals surface area (Å²) in [5, 5.41) is 0. The summed E-state index contributed by atoms with van der Waals surface area (Å²) < 4.78 is 0. The van der Waals surface area contributed by atoms with Crippen molar-refractivity contribution in [2.24, 2.45) is 5.92 Å². The molecule has 1 fully saturated rings. The van der Waals surface area contributed by atoms with Crippen molar-refractivity contribution in [2.45, 2.75) is 19.3 Å². The lowest BCUT2D eigenvalue weighted by molar-refractivity contribution is 0.0821. The largest absolute Gasteiger partial charge is 0.343 e. The van der Waals surface area contributed by atoms with E-state index in [4.69, 9.17) is 0 Å². The summed E-state index contributed by atoms with van der Waals surface area (Å²) in [6, 6.07) is 1.83. The first-order valence-corrected chi connectivity index (χ1v) is 6.77. The normalized spacial score (nSPS) is 20.3. The topological polar surface area (TPSA) is 49.3 Å². The number of amides is 1. The molecule has 0 N–H and O–H groups in total. The third-order valence-electron chi connectivity index (χ3n) is 3.57. The highest BCUT2D eigenvalue weighted by atomic mass is 16.2. The Labute approximate surface area is 114 Å². The average Bonchev–Trinajstić information content (AvgIpc) is 2.38. The lowest BCUT2D eigenvalue weighted by atomic mass is 9.93. The molecular weight excluding hydrogens is 240 g/mol. The molecule has 0 bridgehead atoms. The Morgan fingerprint density at radius 1 is 1.47 bits per heavy atom. The van der Waals surface area contributed by atoms with Gasteiger partial charge < -0.3 is 9.80 Å². The lowest BCUT2D eigenvalue weighted by Crippen LogP contribution is -2.33. The molecule has 5 heteroatoms. The average molecular weight is 262 g/mol. The summed E-state index contributed by atoms with van der Waals surface area (Å²) >= 11 is 0. The maximum Gasteiger partial charge on any atom is 0.272 e. The second-order valence-corrected chi connectivity index (χ2v) is 5.57. The molecule has 1 aromatic rings. The Morgan fingerprint density at radius 3 is 2.95 bits per heavy atom. The van der Waals surface area contributed by atoms with Crippen molar-refractivity contribution in [1.82, 2.24) is 19.8 Å². The van der Waals surface area contributed by atoms with Gasteiger partial charge in [-0.2, -0.15) is 0 Å². The molecule has 0 aromatic carbocycles. The van der Waals surface area contributed by atoms with Crippen molar-refractivity contribution in [3.05, 3.63) is 23.8 Å². The smallest absolute Gasteiger partial charge is 0.272 e. The Balaban J connectivity index is 2.04. The molecule has 5 nitrogen and oxygen atoms in total. The standard InChI is InChI=1S/C14H22N4O/c1-17(2)14(19)13-8-12(15-10-16-13)7-11-5-4-6-18(3)9-11/h8,10-11H,4-7,9H2,1-3H3. The van der Waals surface area contributed by atoms with Gasteiger partial charge in [-0.25, -0.2) is 9.97 Å². The monoisotopic (exact) mass is 262 g/mol. The number of hydrogen-bond donors (Lipinski definition) is 0. The highest BCUT2D eigenvalue weighted by Crippen LogP contribution is 2.19. The summed E-state index contributed by atoms with van der Waals surface area (Å²) in [5.74, 6) is 0.570. The molecule has 2 heterocycles. The van der Waals surface area contributed by atoms with Gasteiger partial charge in [-0.05, 0) is 44.8 Å². The van der Waals surface area contributed by atoms with E-state index in [0.717, 1.165) is 18.7 Å². The third kappa shape index (κ3) is 3.73. The Hall–Kier alpha value is -1.49. The fraction of sp³-hybridized carbons (Fsp3) is 0.643. The first kappa shape index (κ1) is 13.9. The zero-order valence-electron chi connectivity index (χ0n) is 12.0. The second-order valence-electron chi connectivity index (χ2n) is 5.57. The molecular formula is C14H22N4O. The Kier molecular flexibility index (Phi) is 4.47. The number of rotatable bonds is 3. The van der Waals surface area contributed by atoms with Crippen LogP contribution < -0.4 is 0 Å². The predicted molar refractivity (Wildman–Crippen MR) is 74.0 cm³/mol. The van der Waals surface area contributed by atoms with Crippen LogP contribution in [0.5, 0.6) is 0 Å². The minimum absolute atomic E-state index is 0.0654. The quantitative estimate of drug-likeness (QED) is 0.817. The van der Waals surface area contributed by atoms with E-state index in [-0.39, 0.29) is 5.91 Å². The van der Waals surface area contributed by atoms with Crippen molar-refractivity contribution < 1.29 is 4.79 Å². The van der Waals surface area contributed by atoms with Crippen LogP contribution in [0, 0.1) is 5.92 Å². The highest BCUT2D eigenvalue weighted by Gasteiger charge is 2.19.